The van der Waals surface area contributed by atoms with Crippen molar-refractivity contribution in [3.05, 3.63) is 47.8 Å². The quantitative estimate of drug-likeness (QED) is 0.742. The van der Waals surface area contributed by atoms with Crippen molar-refractivity contribution >= 4 is 16.0 Å². The van der Waals surface area contributed by atoms with Gasteiger partial charge in [0.1, 0.15) is 0 Å². The van der Waals surface area contributed by atoms with E-state index in [4.69, 9.17) is 5.11 Å². The molecule has 3 N–H and O–H groups in total. The van der Waals surface area contributed by atoms with Crippen LogP contribution in [0.5, 0.6) is 0 Å². The first-order chi connectivity index (χ1) is 8.99. The van der Waals surface area contributed by atoms with Gasteiger partial charge in [-0.3, -0.25) is 5.10 Å². The Labute approximate surface area is 109 Å². The SMILES string of the molecule is O=C(O)c1ccc(S(=O)(=O)NCc2cn[nH]c2)cc1. The number of rotatable bonds is 5. The third-order valence-electron chi connectivity index (χ3n) is 2.43. The molecular weight excluding hydrogens is 270 g/mol. The molecule has 8 heteroatoms. The van der Waals surface area contributed by atoms with Crippen LogP contribution in [0.25, 0.3) is 0 Å². The van der Waals surface area contributed by atoms with Gasteiger partial charge in [-0.05, 0) is 24.3 Å². The molecule has 0 aliphatic heterocycles. The smallest absolute Gasteiger partial charge is 0.335 e. The summed E-state index contributed by atoms with van der Waals surface area (Å²) in [5, 5.41) is 15.0. The summed E-state index contributed by atoms with van der Waals surface area (Å²) in [6.45, 7) is 0.111. The van der Waals surface area contributed by atoms with E-state index in [0.29, 0.717) is 5.56 Å². The van der Waals surface area contributed by atoms with Crippen LogP contribution in [0.15, 0.2) is 41.6 Å². The van der Waals surface area contributed by atoms with Gasteiger partial charge in [-0.15, -0.1) is 0 Å². The van der Waals surface area contributed by atoms with Crippen molar-refractivity contribution in [3.63, 3.8) is 0 Å². The van der Waals surface area contributed by atoms with Gasteiger partial charge < -0.3 is 5.11 Å². The first kappa shape index (κ1) is 13.2. The fourth-order valence-corrected chi connectivity index (χ4v) is 2.43. The average molecular weight is 281 g/mol. The molecule has 0 amide bonds. The fraction of sp³-hybridized carbons (Fsp3) is 0.0909. The fourth-order valence-electron chi connectivity index (χ4n) is 1.41. The third kappa shape index (κ3) is 3.18. The number of sulfonamides is 1. The first-order valence-electron chi connectivity index (χ1n) is 5.30. The van der Waals surface area contributed by atoms with E-state index >= 15 is 0 Å². The number of aromatic carboxylic acids is 1. The predicted molar refractivity (Wildman–Crippen MR) is 66.0 cm³/mol. The van der Waals surface area contributed by atoms with Gasteiger partial charge in [0.25, 0.3) is 0 Å². The van der Waals surface area contributed by atoms with E-state index in [2.05, 4.69) is 14.9 Å². The van der Waals surface area contributed by atoms with Gasteiger partial charge in [0.2, 0.25) is 10.0 Å². The van der Waals surface area contributed by atoms with Crippen LogP contribution in [-0.4, -0.2) is 29.7 Å². The molecule has 0 spiro atoms. The number of nitrogens with one attached hydrogen (secondary N) is 2. The maximum Gasteiger partial charge on any atom is 0.335 e. The molecule has 1 aromatic carbocycles. The second kappa shape index (κ2) is 5.21. The number of carbonyl (C=O) groups is 1. The minimum atomic E-state index is -3.66. The zero-order valence-corrected chi connectivity index (χ0v) is 10.5. The van der Waals surface area contributed by atoms with Gasteiger partial charge in [0, 0.05) is 18.3 Å². The molecule has 7 nitrogen and oxygen atoms in total. The molecule has 100 valence electrons. The molecule has 1 heterocycles. The summed E-state index contributed by atoms with van der Waals surface area (Å²) in [6.07, 6.45) is 3.09. The Morgan fingerprint density at radius 2 is 2.00 bits per heavy atom. The Morgan fingerprint density at radius 3 is 2.53 bits per heavy atom. The molecule has 2 aromatic rings. The molecule has 2 rings (SSSR count). The topological polar surface area (TPSA) is 112 Å². The van der Waals surface area contributed by atoms with E-state index < -0.39 is 16.0 Å². The molecule has 0 radical (unpaired) electrons. The van der Waals surface area contributed by atoms with Gasteiger partial charge in [-0.25, -0.2) is 17.9 Å². The Hall–Kier alpha value is -2.19. The molecule has 19 heavy (non-hydrogen) atoms. The lowest BCUT2D eigenvalue weighted by atomic mass is 10.2. The van der Waals surface area contributed by atoms with Crippen LogP contribution in [0.4, 0.5) is 0 Å². The zero-order valence-electron chi connectivity index (χ0n) is 9.70. The van der Waals surface area contributed by atoms with E-state index in [-0.39, 0.29) is 17.0 Å². The van der Waals surface area contributed by atoms with Crippen LogP contribution in [0.2, 0.25) is 0 Å². The number of nitrogens with zero attached hydrogens (tertiary/aromatic N) is 1. The number of carboxylic acids is 1. The molecule has 0 unspecified atom stereocenters. The summed E-state index contributed by atoms with van der Waals surface area (Å²) < 4.78 is 26.2. The molecule has 1 aromatic heterocycles. The van der Waals surface area contributed by atoms with Crippen molar-refractivity contribution in [1.29, 1.82) is 0 Å². The Bertz CT molecular complexity index is 662. The van der Waals surface area contributed by atoms with Gasteiger partial charge in [-0.1, -0.05) is 0 Å². The molecule has 0 aliphatic rings. The summed E-state index contributed by atoms with van der Waals surface area (Å²) in [6, 6.07) is 4.99. The van der Waals surface area contributed by atoms with Gasteiger partial charge >= 0.3 is 5.97 Å². The maximum absolute atomic E-state index is 11.9. The minimum Gasteiger partial charge on any atom is -0.478 e. The standard InChI is InChI=1S/C11H11N3O4S/c15-11(16)9-1-3-10(4-2-9)19(17,18)14-7-8-5-12-13-6-8/h1-6,14H,7H2,(H,12,13)(H,15,16). The van der Waals surface area contributed by atoms with Crippen molar-refractivity contribution in [1.82, 2.24) is 14.9 Å². The Morgan fingerprint density at radius 1 is 1.32 bits per heavy atom. The van der Waals surface area contributed by atoms with Crippen molar-refractivity contribution in [2.24, 2.45) is 0 Å². The summed E-state index contributed by atoms with van der Waals surface area (Å²) in [4.78, 5) is 10.7. The highest BCUT2D eigenvalue weighted by molar-refractivity contribution is 7.89. The van der Waals surface area contributed by atoms with Gasteiger partial charge in [0.05, 0.1) is 16.7 Å². The highest BCUT2D eigenvalue weighted by Gasteiger charge is 2.14. The molecule has 0 fully saturated rings. The van der Waals surface area contributed by atoms with Crippen LogP contribution in [0.1, 0.15) is 15.9 Å². The van der Waals surface area contributed by atoms with Crippen molar-refractivity contribution in [2.45, 2.75) is 11.4 Å². The van der Waals surface area contributed by atoms with E-state index in [9.17, 15) is 13.2 Å². The zero-order chi connectivity index (χ0) is 13.9. The van der Waals surface area contributed by atoms with Crippen molar-refractivity contribution in [2.75, 3.05) is 0 Å². The van der Waals surface area contributed by atoms with E-state index in [1.165, 1.54) is 30.5 Å². The molecule has 0 saturated heterocycles. The number of hydrogen-bond acceptors (Lipinski definition) is 4. The monoisotopic (exact) mass is 281 g/mol. The maximum atomic E-state index is 11.9. The number of aromatic nitrogens is 2. The third-order valence-corrected chi connectivity index (χ3v) is 3.85. The van der Waals surface area contributed by atoms with E-state index in [1.54, 1.807) is 6.20 Å². The second-order valence-corrected chi connectivity index (χ2v) is 5.53. The van der Waals surface area contributed by atoms with E-state index in [0.717, 1.165) is 0 Å². The molecule has 0 saturated carbocycles. The van der Waals surface area contributed by atoms with Crippen molar-refractivity contribution in [3.8, 4) is 0 Å². The van der Waals surface area contributed by atoms with Crippen LogP contribution in [0.3, 0.4) is 0 Å². The lowest BCUT2D eigenvalue weighted by Crippen LogP contribution is -2.23. The normalized spacial score (nSPS) is 11.4. The average Bonchev–Trinajstić information content (AvgIpc) is 2.90. The molecule has 0 aliphatic carbocycles. The number of carboxylic acid groups (broad SMARTS) is 1. The predicted octanol–water partition coefficient (Wildman–Crippen LogP) is 0.586. The minimum absolute atomic E-state index is 0.0148. The van der Waals surface area contributed by atoms with Crippen LogP contribution < -0.4 is 4.72 Å². The Balaban J connectivity index is 2.13. The number of hydrogen-bond donors (Lipinski definition) is 3. The van der Waals surface area contributed by atoms with Crippen LogP contribution >= 0.6 is 0 Å². The number of H-pyrrole nitrogens is 1. The first-order valence-corrected chi connectivity index (χ1v) is 6.78. The summed E-state index contributed by atoms with van der Waals surface area (Å²) in [5.74, 6) is -1.10. The summed E-state index contributed by atoms with van der Waals surface area (Å²) in [5.41, 5.74) is 0.736. The summed E-state index contributed by atoms with van der Waals surface area (Å²) >= 11 is 0. The van der Waals surface area contributed by atoms with Crippen molar-refractivity contribution < 1.29 is 18.3 Å². The molecule has 0 bridgehead atoms. The highest BCUT2D eigenvalue weighted by atomic mass is 32.2. The molecule has 0 atom stereocenters. The van der Waals surface area contributed by atoms with Gasteiger partial charge in [0.15, 0.2) is 0 Å². The second-order valence-electron chi connectivity index (χ2n) is 3.76. The Kier molecular flexibility index (Phi) is 3.63. The largest absolute Gasteiger partial charge is 0.478 e. The molecular formula is C11H11N3O4S. The lowest BCUT2D eigenvalue weighted by Gasteiger charge is -2.05. The summed E-state index contributed by atoms with van der Waals surface area (Å²) in [7, 11) is -3.66. The van der Waals surface area contributed by atoms with Gasteiger partial charge in [-0.2, -0.15) is 5.10 Å². The van der Waals surface area contributed by atoms with Crippen LogP contribution in [-0.2, 0) is 16.6 Å². The number of benzene rings is 1. The lowest BCUT2D eigenvalue weighted by molar-refractivity contribution is 0.0696. The highest BCUT2D eigenvalue weighted by Crippen LogP contribution is 2.11. The number of aromatic amines is 1. The van der Waals surface area contributed by atoms with Crippen LogP contribution in [0, 0.1) is 0 Å². The van der Waals surface area contributed by atoms with E-state index in [1.807, 2.05) is 0 Å².